The second-order valence-electron chi connectivity index (χ2n) is 6.05. The molecule has 2 atom stereocenters. The molecule has 2 unspecified atom stereocenters. The van der Waals surface area contributed by atoms with E-state index in [1.807, 2.05) is 0 Å². The van der Waals surface area contributed by atoms with Gasteiger partial charge in [-0.2, -0.15) is 0 Å². The lowest BCUT2D eigenvalue weighted by Gasteiger charge is -2.39. The van der Waals surface area contributed by atoms with Gasteiger partial charge in [-0.15, -0.1) is 0 Å². The molecule has 0 radical (unpaired) electrons. The van der Waals surface area contributed by atoms with E-state index >= 15 is 0 Å². The van der Waals surface area contributed by atoms with Crippen molar-refractivity contribution in [2.24, 2.45) is 17.1 Å². The maximum Gasteiger partial charge on any atom is 0.0193 e. The number of hydrogen-bond donors (Lipinski definition) is 1. The van der Waals surface area contributed by atoms with Crippen LogP contribution < -0.4 is 5.73 Å². The molecule has 1 fully saturated rings. The zero-order chi connectivity index (χ0) is 11.5. The zero-order valence-corrected chi connectivity index (χ0v) is 10.9. The number of nitrogens with two attached hydrogens (primary N) is 1. The highest BCUT2D eigenvalue weighted by molar-refractivity contribution is 4.82. The standard InChI is InChI=1S/C13H28N2/c1-5-11(2)12(14)9-15-8-6-7-13(3,4)10-15/h11-12H,5-10,14H2,1-4H3. The largest absolute Gasteiger partial charge is 0.326 e. The first-order valence-electron chi connectivity index (χ1n) is 6.42. The third kappa shape index (κ3) is 4.12. The van der Waals surface area contributed by atoms with E-state index in [0.717, 1.165) is 6.54 Å². The van der Waals surface area contributed by atoms with Crippen LogP contribution in [0.15, 0.2) is 0 Å². The van der Waals surface area contributed by atoms with Gasteiger partial charge in [-0.05, 0) is 30.7 Å². The topological polar surface area (TPSA) is 29.3 Å². The molecule has 2 heteroatoms. The molecule has 0 saturated carbocycles. The average Bonchev–Trinajstić information content (AvgIpc) is 2.14. The molecule has 15 heavy (non-hydrogen) atoms. The van der Waals surface area contributed by atoms with E-state index in [4.69, 9.17) is 5.73 Å². The van der Waals surface area contributed by atoms with Crippen molar-refractivity contribution in [2.75, 3.05) is 19.6 Å². The molecule has 2 N–H and O–H groups in total. The maximum atomic E-state index is 6.21. The van der Waals surface area contributed by atoms with Crippen molar-refractivity contribution in [3.63, 3.8) is 0 Å². The van der Waals surface area contributed by atoms with Crippen molar-refractivity contribution >= 4 is 0 Å². The van der Waals surface area contributed by atoms with Gasteiger partial charge < -0.3 is 10.6 Å². The molecule has 1 aliphatic heterocycles. The quantitative estimate of drug-likeness (QED) is 0.776. The second kappa shape index (κ2) is 5.31. The number of hydrogen-bond acceptors (Lipinski definition) is 2. The van der Waals surface area contributed by atoms with Crippen LogP contribution in [0.2, 0.25) is 0 Å². The van der Waals surface area contributed by atoms with Gasteiger partial charge in [-0.3, -0.25) is 0 Å². The van der Waals surface area contributed by atoms with Crippen LogP contribution in [-0.2, 0) is 0 Å². The van der Waals surface area contributed by atoms with Crippen molar-refractivity contribution in [1.29, 1.82) is 0 Å². The van der Waals surface area contributed by atoms with Gasteiger partial charge in [0.05, 0.1) is 0 Å². The van der Waals surface area contributed by atoms with Gasteiger partial charge in [0.25, 0.3) is 0 Å². The Labute approximate surface area is 95.2 Å². The fraction of sp³-hybridized carbons (Fsp3) is 1.00. The van der Waals surface area contributed by atoms with Crippen molar-refractivity contribution in [1.82, 2.24) is 4.90 Å². The Balaban J connectivity index is 2.38. The molecule has 1 aliphatic rings. The SMILES string of the molecule is CCC(C)C(N)CN1CCCC(C)(C)C1. The minimum atomic E-state index is 0.351. The molecule has 2 nitrogen and oxygen atoms in total. The lowest BCUT2D eigenvalue weighted by atomic mass is 9.84. The van der Waals surface area contributed by atoms with E-state index in [1.165, 1.54) is 32.4 Å². The summed E-state index contributed by atoms with van der Waals surface area (Å²) in [5.41, 5.74) is 6.70. The first-order chi connectivity index (χ1) is 6.94. The third-order valence-corrected chi connectivity index (χ3v) is 3.82. The van der Waals surface area contributed by atoms with Crippen LogP contribution in [0, 0.1) is 11.3 Å². The van der Waals surface area contributed by atoms with Crippen LogP contribution in [0.3, 0.4) is 0 Å². The van der Waals surface area contributed by atoms with Crippen molar-refractivity contribution in [3.05, 3.63) is 0 Å². The number of rotatable bonds is 4. The third-order valence-electron chi connectivity index (χ3n) is 3.82. The predicted molar refractivity (Wildman–Crippen MR) is 66.9 cm³/mol. The van der Waals surface area contributed by atoms with Gasteiger partial charge in [-0.1, -0.05) is 34.1 Å². The Morgan fingerprint density at radius 2 is 2.07 bits per heavy atom. The summed E-state index contributed by atoms with van der Waals surface area (Å²) in [6.07, 6.45) is 3.89. The Bertz CT molecular complexity index is 189. The summed E-state index contributed by atoms with van der Waals surface area (Å²) in [5, 5.41) is 0. The predicted octanol–water partition coefficient (Wildman–Crippen LogP) is 2.48. The molecule has 0 aliphatic carbocycles. The molecule has 1 rings (SSSR count). The van der Waals surface area contributed by atoms with Crippen LogP contribution in [0.4, 0.5) is 0 Å². The molecule has 0 bridgehead atoms. The normalized spacial score (nSPS) is 26.2. The number of piperidine rings is 1. The molecule has 0 aromatic carbocycles. The molecule has 0 aromatic rings. The Morgan fingerprint density at radius 3 is 2.60 bits per heavy atom. The summed E-state index contributed by atoms with van der Waals surface area (Å²) >= 11 is 0. The van der Waals surface area contributed by atoms with Crippen LogP contribution in [0.5, 0.6) is 0 Å². The van der Waals surface area contributed by atoms with Crippen LogP contribution in [0.1, 0.15) is 47.0 Å². The minimum Gasteiger partial charge on any atom is -0.326 e. The lowest BCUT2D eigenvalue weighted by molar-refractivity contribution is 0.105. The van der Waals surface area contributed by atoms with E-state index in [-0.39, 0.29) is 0 Å². The fourth-order valence-electron chi connectivity index (χ4n) is 2.48. The molecule has 0 aromatic heterocycles. The first-order valence-corrected chi connectivity index (χ1v) is 6.42. The van der Waals surface area contributed by atoms with E-state index in [0.29, 0.717) is 17.4 Å². The molecule has 0 spiro atoms. The molecule has 90 valence electrons. The van der Waals surface area contributed by atoms with E-state index < -0.39 is 0 Å². The molecular formula is C13H28N2. The molecular weight excluding hydrogens is 184 g/mol. The Morgan fingerprint density at radius 1 is 1.40 bits per heavy atom. The van der Waals surface area contributed by atoms with Crippen LogP contribution in [0.25, 0.3) is 0 Å². The van der Waals surface area contributed by atoms with Gasteiger partial charge in [0.1, 0.15) is 0 Å². The summed E-state index contributed by atoms with van der Waals surface area (Å²) in [7, 11) is 0. The maximum absolute atomic E-state index is 6.21. The van der Waals surface area contributed by atoms with E-state index in [2.05, 4.69) is 32.6 Å². The van der Waals surface area contributed by atoms with Gasteiger partial charge in [-0.25, -0.2) is 0 Å². The fourth-order valence-corrected chi connectivity index (χ4v) is 2.48. The molecule has 0 amide bonds. The monoisotopic (exact) mass is 212 g/mol. The van der Waals surface area contributed by atoms with E-state index in [1.54, 1.807) is 0 Å². The first kappa shape index (κ1) is 13.0. The Kier molecular flexibility index (Phi) is 4.60. The Hall–Kier alpha value is -0.0800. The van der Waals surface area contributed by atoms with Gasteiger partial charge in [0.2, 0.25) is 0 Å². The minimum absolute atomic E-state index is 0.351. The number of nitrogens with zero attached hydrogens (tertiary/aromatic N) is 1. The highest BCUT2D eigenvalue weighted by atomic mass is 15.1. The van der Waals surface area contributed by atoms with E-state index in [9.17, 15) is 0 Å². The van der Waals surface area contributed by atoms with Crippen molar-refractivity contribution in [2.45, 2.75) is 53.0 Å². The molecule has 1 saturated heterocycles. The number of likely N-dealkylation sites (tertiary alicyclic amines) is 1. The highest BCUT2D eigenvalue weighted by Gasteiger charge is 2.27. The summed E-state index contributed by atoms with van der Waals surface area (Å²) in [6.45, 7) is 12.8. The summed E-state index contributed by atoms with van der Waals surface area (Å²) in [6, 6.07) is 0.351. The molecule has 1 heterocycles. The van der Waals surface area contributed by atoms with Gasteiger partial charge in [0, 0.05) is 19.1 Å². The lowest BCUT2D eigenvalue weighted by Crippen LogP contribution is -2.47. The second-order valence-corrected chi connectivity index (χ2v) is 6.05. The smallest absolute Gasteiger partial charge is 0.0193 e. The zero-order valence-electron chi connectivity index (χ0n) is 10.9. The van der Waals surface area contributed by atoms with Gasteiger partial charge >= 0.3 is 0 Å². The van der Waals surface area contributed by atoms with Crippen molar-refractivity contribution < 1.29 is 0 Å². The highest BCUT2D eigenvalue weighted by Crippen LogP contribution is 2.28. The van der Waals surface area contributed by atoms with Crippen LogP contribution in [-0.4, -0.2) is 30.6 Å². The van der Waals surface area contributed by atoms with Crippen LogP contribution >= 0.6 is 0 Å². The summed E-state index contributed by atoms with van der Waals surface area (Å²) in [4.78, 5) is 2.56. The summed E-state index contributed by atoms with van der Waals surface area (Å²) in [5.74, 6) is 0.648. The summed E-state index contributed by atoms with van der Waals surface area (Å²) < 4.78 is 0. The van der Waals surface area contributed by atoms with Gasteiger partial charge in [0.15, 0.2) is 0 Å². The van der Waals surface area contributed by atoms with Crippen molar-refractivity contribution in [3.8, 4) is 0 Å². The average molecular weight is 212 g/mol.